The van der Waals surface area contributed by atoms with E-state index >= 15 is 0 Å². The number of para-hydroxylation sites is 1. The van der Waals surface area contributed by atoms with Crippen molar-refractivity contribution in [3.8, 4) is 5.75 Å². The van der Waals surface area contributed by atoms with Gasteiger partial charge in [-0.3, -0.25) is 4.79 Å². The second kappa shape index (κ2) is 6.21. The van der Waals surface area contributed by atoms with Crippen LogP contribution in [0.1, 0.15) is 11.1 Å². The molecule has 1 aromatic heterocycles. The lowest BCUT2D eigenvalue weighted by atomic mass is 10.1. The first-order valence-electron chi connectivity index (χ1n) is 7.98. The number of carbonyl (C=O) groups is 1. The van der Waals surface area contributed by atoms with Crippen LogP contribution in [-0.2, 0) is 17.6 Å². The zero-order valence-corrected chi connectivity index (χ0v) is 13.8. The first-order valence-corrected chi connectivity index (χ1v) is 8.36. The van der Waals surface area contributed by atoms with Crippen molar-refractivity contribution in [3.63, 3.8) is 0 Å². The Morgan fingerprint density at radius 1 is 1.29 bits per heavy atom. The van der Waals surface area contributed by atoms with Gasteiger partial charge in [0.15, 0.2) is 6.10 Å². The number of halogens is 1. The van der Waals surface area contributed by atoms with Crippen molar-refractivity contribution < 1.29 is 9.53 Å². The Labute approximate surface area is 144 Å². The Morgan fingerprint density at radius 2 is 2.17 bits per heavy atom. The number of nitrogens with one attached hydrogen (secondary N) is 2. The van der Waals surface area contributed by atoms with Crippen LogP contribution in [0.3, 0.4) is 0 Å². The third kappa shape index (κ3) is 2.85. The lowest BCUT2D eigenvalue weighted by Gasteiger charge is -2.11. The highest BCUT2D eigenvalue weighted by Crippen LogP contribution is 2.31. The fourth-order valence-corrected chi connectivity index (χ4v) is 3.33. The summed E-state index contributed by atoms with van der Waals surface area (Å²) < 4.78 is 5.70. The normalized spacial score (nSPS) is 16.0. The van der Waals surface area contributed by atoms with Crippen molar-refractivity contribution in [2.75, 3.05) is 6.54 Å². The standard InChI is InChI=1S/C19H17ClN2O2/c20-14-5-6-17-13(9-14)10-18(24-17)19(23)21-8-7-12-11-22-16-4-2-1-3-15(12)16/h1-6,9,11,18,22H,7-8,10H2,(H,21,23)/t18-/m0/s1. The number of benzene rings is 2. The molecule has 122 valence electrons. The number of aromatic amines is 1. The third-order valence-electron chi connectivity index (χ3n) is 4.36. The number of aromatic nitrogens is 1. The smallest absolute Gasteiger partial charge is 0.261 e. The summed E-state index contributed by atoms with van der Waals surface area (Å²) in [7, 11) is 0. The molecule has 0 fully saturated rings. The van der Waals surface area contributed by atoms with Crippen LogP contribution in [0.15, 0.2) is 48.7 Å². The first kappa shape index (κ1) is 15.1. The highest BCUT2D eigenvalue weighted by atomic mass is 35.5. The van der Waals surface area contributed by atoms with E-state index in [0.717, 1.165) is 23.3 Å². The molecule has 2 heterocycles. The average Bonchev–Trinajstić information content (AvgIpc) is 3.18. The van der Waals surface area contributed by atoms with Crippen molar-refractivity contribution in [2.24, 2.45) is 0 Å². The fraction of sp³-hybridized carbons (Fsp3) is 0.211. The minimum absolute atomic E-state index is 0.0813. The van der Waals surface area contributed by atoms with Crippen molar-refractivity contribution in [1.82, 2.24) is 10.3 Å². The molecule has 0 saturated heterocycles. The van der Waals surface area contributed by atoms with Crippen molar-refractivity contribution in [1.29, 1.82) is 0 Å². The molecular formula is C19H17ClN2O2. The number of rotatable bonds is 4. The highest BCUT2D eigenvalue weighted by molar-refractivity contribution is 6.30. The molecule has 0 unspecified atom stereocenters. The molecule has 0 spiro atoms. The molecule has 2 aromatic carbocycles. The fourth-order valence-electron chi connectivity index (χ4n) is 3.14. The summed E-state index contributed by atoms with van der Waals surface area (Å²) in [5, 5.41) is 4.83. The van der Waals surface area contributed by atoms with E-state index in [4.69, 9.17) is 16.3 Å². The van der Waals surface area contributed by atoms with E-state index in [1.165, 1.54) is 10.9 Å². The Bertz CT molecular complexity index is 903. The maximum Gasteiger partial charge on any atom is 0.261 e. The van der Waals surface area contributed by atoms with Crippen LogP contribution in [0, 0.1) is 0 Å². The van der Waals surface area contributed by atoms with Crippen LogP contribution in [0.5, 0.6) is 5.75 Å². The molecule has 5 heteroatoms. The summed E-state index contributed by atoms with van der Waals surface area (Å²) in [5.41, 5.74) is 3.30. The Kier molecular flexibility index (Phi) is 3.90. The van der Waals surface area contributed by atoms with Gasteiger partial charge in [-0.05, 0) is 41.8 Å². The molecule has 4 rings (SSSR count). The summed E-state index contributed by atoms with van der Waals surface area (Å²) in [6.45, 7) is 0.581. The van der Waals surface area contributed by atoms with Gasteiger partial charge in [0.05, 0.1) is 0 Å². The molecule has 0 bridgehead atoms. The van der Waals surface area contributed by atoms with Crippen LogP contribution in [-0.4, -0.2) is 23.5 Å². The first-order chi connectivity index (χ1) is 11.7. The maximum absolute atomic E-state index is 12.3. The summed E-state index contributed by atoms with van der Waals surface area (Å²) in [5.74, 6) is 0.665. The second-order valence-electron chi connectivity index (χ2n) is 5.96. The van der Waals surface area contributed by atoms with Gasteiger partial charge < -0.3 is 15.0 Å². The number of hydrogen-bond donors (Lipinski definition) is 2. The molecule has 3 aromatic rings. The Morgan fingerprint density at radius 3 is 3.08 bits per heavy atom. The molecular weight excluding hydrogens is 324 g/mol. The maximum atomic E-state index is 12.3. The number of amides is 1. The lowest BCUT2D eigenvalue weighted by Crippen LogP contribution is -2.38. The summed E-state index contributed by atoms with van der Waals surface area (Å²) in [6, 6.07) is 13.6. The molecule has 0 radical (unpaired) electrons. The van der Waals surface area contributed by atoms with Gasteiger partial charge in [0.2, 0.25) is 0 Å². The van der Waals surface area contributed by atoms with Crippen LogP contribution in [0.4, 0.5) is 0 Å². The van der Waals surface area contributed by atoms with E-state index in [0.29, 0.717) is 18.0 Å². The van der Waals surface area contributed by atoms with Crippen LogP contribution < -0.4 is 10.1 Å². The van der Waals surface area contributed by atoms with Crippen LogP contribution >= 0.6 is 11.6 Å². The molecule has 1 atom stereocenters. The zero-order chi connectivity index (χ0) is 16.5. The monoisotopic (exact) mass is 340 g/mol. The number of hydrogen-bond acceptors (Lipinski definition) is 2. The van der Waals surface area contributed by atoms with E-state index in [9.17, 15) is 4.79 Å². The van der Waals surface area contributed by atoms with Gasteiger partial charge in [0.25, 0.3) is 5.91 Å². The van der Waals surface area contributed by atoms with Crippen molar-refractivity contribution in [3.05, 3.63) is 64.8 Å². The van der Waals surface area contributed by atoms with Gasteiger partial charge in [-0.2, -0.15) is 0 Å². The molecule has 4 nitrogen and oxygen atoms in total. The second-order valence-corrected chi connectivity index (χ2v) is 6.40. The topological polar surface area (TPSA) is 54.1 Å². The quantitative estimate of drug-likeness (QED) is 0.764. The number of carbonyl (C=O) groups excluding carboxylic acids is 1. The number of fused-ring (bicyclic) bond motifs is 2. The Balaban J connectivity index is 1.34. The third-order valence-corrected chi connectivity index (χ3v) is 4.59. The van der Waals surface area contributed by atoms with Crippen molar-refractivity contribution in [2.45, 2.75) is 18.9 Å². The average molecular weight is 341 g/mol. The molecule has 0 aliphatic carbocycles. The SMILES string of the molecule is O=C(NCCc1c[nH]c2ccccc12)[C@@H]1Cc2cc(Cl)ccc2O1. The number of ether oxygens (including phenoxy) is 1. The minimum Gasteiger partial charge on any atom is -0.480 e. The molecule has 1 amide bonds. The molecule has 0 saturated carbocycles. The van der Waals surface area contributed by atoms with E-state index in [2.05, 4.69) is 16.4 Å². The molecule has 1 aliphatic rings. The predicted molar refractivity (Wildman–Crippen MR) is 94.6 cm³/mol. The summed E-state index contributed by atoms with van der Waals surface area (Å²) >= 11 is 5.98. The van der Waals surface area contributed by atoms with Gasteiger partial charge in [0.1, 0.15) is 5.75 Å². The largest absolute Gasteiger partial charge is 0.480 e. The van der Waals surface area contributed by atoms with Gasteiger partial charge in [0, 0.05) is 35.1 Å². The molecule has 24 heavy (non-hydrogen) atoms. The zero-order valence-electron chi connectivity index (χ0n) is 13.0. The van der Waals surface area contributed by atoms with Gasteiger partial charge in [-0.1, -0.05) is 29.8 Å². The molecule has 2 N–H and O–H groups in total. The van der Waals surface area contributed by atoms with E-state index in [1.54, 1.807) is 6.07 Å². The highest BCUT2D eigenvalue weighted by Gasteiger charge is 2.28. The molecule has 1 aliphatic heterocycles. The lowest BCUT2D eigenvalue weighted by molar-refractivity contribution is -0.127. The van der Waals surface area contributed by atoms with E-state index < -0.39 is 6.10 Å². The predicted octanol–water partition coefficient (Wildman–Crippen LogP) is 3.48. The van der Waals surface area contributed by atoms with E-state index in [-0.39, 0.29) is 5.91 Å². The Hall–Kier alpha value is -2.46. The van der Waals surface area contributed by atoms with Gasteiger partial charge in [-0.25, -0.2) is 0 Å². The minimum atomic E-state index is -0.471. The summed E-state index contributed by atoms with van der Waals surface area (Å²) in [4.78, 5) is 15.6. The van der Waals surface area contributed by atoms with Gasteiger partial charge >= 0.3 is 0 Å². The number of H-pyrrole nitrogens is 1. The van der Waals surface area contributed by atoms with Gasteiger partial charge in [-0.15, -0.1) is 0 Å². The van der Waals surface area contributed by atoms with Crippen LogP contribution in [0.2, 0.25) is 5.02 Å². The van der Waals surface area contributed by atoms with Crippen LogP contribution in [0.25, 0.3) is 10.9 Å². The van der Waals surface area contributed by atoms with E-state index in [1.807, 2.05) is 36.5 Å². The van der Waals surface area contributed by atoms with Crippen molar-refractivity contribution >= 4 is 28.4 Å². The summed E-state index contributed by atoms with van der Waals surface area (Å²) in [6.07, 6.45) is 2.87.